The number of aromatic nitrogens is 2. The Hall–Kier alpha value is -2.61. The van der Waals surface area contributed by atoms with Crippen molar-refractivity contribution in [1.29, 1.82) is 5.26 Å². The lowest BCUT2D eigenvalue weighted by atomic mass is 9.89. The molecule has 3 rings (SSSR count). The summed E-state index contributed by atoms with van der Waals surface area (Å²) in [5, 5.41) is 16.1. The first kappa shape index (κ1) is 16.3. The number of dihydropyridines is 1. The monoisotopic (exact) mass is 321 g/mol. The van der Waals surface area contributed by atoms with Gasteiger partial charge in [0.2, 0.25) is 5.95 Å². The number of nitriles is 1. The quantitative estimate of drug-likeness (QED) is 0.828. The van der Waals surface area contributed by atoms with Crippen molar-refractivity contribution in [3.8, 4) is 6.07 Å². The van der Waals surface area contributed by atoms with Gasteiger partial charge in [0.05, 0.1) is 11.4 Å². The lowest BCUT2D eigenvalue weighted by Gasteiger charge is -2.21. The summed E-state index contributed by atoms with van der Waals surface area (Å²) < 4.78 is 0. The molecule has 2 aliphatic rings. The Balaban J connectivity index is 1.79. The highest BCUT2D eigenvalue weighted by atomic mass is 15.1. The molecule has 0 unspecified atom stereocenters. The van der Waals surface area contributed by atoms with Gasteiger partial charge in [-0.15, -0.1) is 0 Å². The number of hydrogen-bond acceptors (Lipinski definition) is 5. The van der Waals surface area contributed by atoms with Gasteiger partial charge in [-0.05, 0) is 43.4 Å². The standard InChI is InChI=1S/C19H23N5/c1-14-12-22-19(23-13-15-7-3-2-4-8-15)24-18(14)16(11-20)17-9-5-6-10-21-17/h5-6,9-10,12,15,21H,2-4,7-8,13H2,1H3,(H,22,23,24)/b17-16-. The fourth-order valence-corrected chi connectivity index (χ4v) is 3.20. The highest BCUT2D eigenvalue weighted by Crippen LogP contribution is 2.24. The van der Waals surface area contributed by atoms with Crippen LogP contribution in [0.15, 0.2) is 36.3 Å². The minimum Gasteiger partial charge on any atom is -0.361 e. The minimum absolute atomic E-state index is 0.538. The Bertz CT molecular complexity index is 718. The van der Waals surface area contributed by atoms with Crippen LogP contribution in [0.3, 0.4) is 0 Å². The molecule has 1 aromatic rings. The molecule has 0 atom stereocenters. The summed E-state index contributed by atoms with van der Waals surface area (Å²) in [7, 11) is 0. The number of nitrogens with zero attached hydrogens (tertiary/aromatic N) is 3. The van der Waals surface area contributed by atoms with Crippen molar-refractivity contribution >= 4 is 11.5 Å². The molecule has 0 radical (unpaired) electrons. The van der Waals surface area contributed by atoms with Crippen molar-refractivity contribution in [2.24, 2.45) is 5.92 Å². The molecule has 0 saturated heterocycles. The first-order chi connectivity index (χ1) is 11.8. The third kappa shape index (κ3) is 3.83. The van der Waals surface area contributed by atoms with E-state index in [-0.39, 0.29) is 0 Å². The van der Waals surface area contributed by atoms with E-state index in [1.807, 2.05) is 31.4 Å². The third-order valence-electron chi connectivity index (χ3n) is 4.57. The van der Waals surface area contributed by atoms with Gasteiger partial charge in [-0.3, -0.25) is 0 Å². The second kappa shape index (κ2) is 7.78. The van der Waals surface area contributed by atoms with Gasteiger partial charge in [-0.2, -0.15) is 5.26 Å². The van der Waals surface area contributed by atoms with Gasteiger partial charge < -0.3 is 10.6 Å². The largest absolute Gasteiger partial charge is 0.361 e. The van der Waals surface area contributed by atoms with E-state index in [9.17, 15) is 5.26 Å². The van der Waals surface area contributed by atoms with Gasteiger partial charge in [-0.25, -0.2) is 9.97 Å². The van der Waals surface area contributed by atoms with Gasteiger partial charge in [0.25, 0.3) is 0 Å². The SMILES string of the molecule is Cc1cnc(NCC2CCCCC2)nc1/C(C#N)=C1/C=CC=CN1. The molecule has 1 fully saturated rings. The summed E-state index contributed by atoms with van der Waals surface area (Å²) in [6.07, 6.45) is 15.8. The van der Waals surface area contributed by atoms with Crippen LogP contribution in [-0.2, 0) is 0 Å². The van der Waals surface area contributed by atoms with Crippen LogP contribution in [-0.4, -0.2) is 16.5 Å². The molecule has 1 aliphatic carbocycles. The fraction of sp³-hybridized carbons (Fsp3) is 0.421. The van der Waals surface area contributed by atoms with Crippen molar-refractivity contribution in [1.82, 2.24) is 15.3 Å². The highest BCUT2D eigenvalue weighted by molar-refractivity contribution is 5.80. The average molecular weight is 321 g/mol. The highest BCUT2D eigenvalue weighted by Gasteiger charge is 2.16. The van der Waals surface area contributed by atoms with Crippen LogP contribution >= 0.6 is 0 Å². The van der Waals surface area contributed by atoms with E-state index in [1.54, 1.807) is 6.20 Å². The van der Waals surface area contributed by atoms with Crippen molar-refractivity contribution in [3.63, 3.8) is 0 Å². The number of allylic oxidation sites excluding steroid dienone is 4. The van der Waals surface area contributed by atoms with Crippen LogP contribution in [0.25, 0.3) is 5.57 Å². The number of rotatable bonds is 4. The van der Waals surface area contributed by atoms with Gasteiger partial charge >= 0.3 is 0 Å². The molecule has 1 saturated carbocycles. The Labute approximate surface area is 143 Å². The average Bonchev–Trinajstić information content (AvgIpc) is 2.64. The van der Waals surface area contributed by atoms with Crippen molar-refractivity contribution in [2.75, 3.05) is 11.9 Å². The van der Waals surface area contributed by atoms with Gasteiger partial charge in [0.15, 0.2) is 0 Å². The summed E-state index contributed by atoms with van der Waals surface area (Å²) in [4.78, 5) is 8.98. The van der Waals surface area contributed by atoms with Crippen LogP contribution in [0.4, 0.5) is 5.95 Å². The normalized spacial score (nSPS) is 19.5. The summed E-state index contributed by atoms with van der Waals surface area (Å²) in [6.45, 7) is 2.84. The first-order valence-electron chi connectivity index (χ1n) is 8.60. The fourth-order valence-electron chi connectivity index (χ4n) is 3.20. The molecule has 5 heteroatoms. The zero-order valence-electron chi connectivity index (χ0n) is 14.0. The summed E-state index contributed by atoms with van der Waals surface area (Å²) in [5.41, 5.74) is 2.88. The van der Waals surface area contributed by atoms with Crippen molar-refractivity contribution in [2.45, 2.75) is 39.0 Å². The number of hydrogen-bond donors (Lipinski definition) is 2. The zero-order chi connectivity index (χ0) is 16.8. The Kier molecular flexibility index (Phi) is 5.27. The molecule has 0 bridgehead atoms. The maximum Gasteiger partial charge on any atom is 0.223 e. The van der Waals surface area contributed by atoms with Crippen LogP contribution in [0.5, 0.6) is 0 Å². The first-order valence-corrected chi connectivity index (χ1v) is 8.60. The van der Waals surface area contributed by atoms with Crippen molar-refractivity contribution in [3.05, 3.63) is 47.6 Å². The maximum absolute atomic E-state index is 9.59. The van der Waals surface area contributed by atoms with E-state index in [1.165, 1.54) is 32.1 Å². The van der Waals surface area contributed by atoms with E-state index in [2.05, 4.69) is 26.7 Å². The van der Waals surface area contributed by atoms with Crippen molar-refractivity contribution < 1.29 is 0 Å². The topological polar surface area (TPSA) is 73.6 Å². The van der Waals surface area contributed by atoms with Crippen LogP contribution in [0.1, 0.15) is 43.4 Å². The molecule has 1 aromatic heterocycles. The van der Waals surface area contributed by atoms with Crippen LogP contribution in [0, 0.1) is 24.2 Å². The molecular formula is C19H23N5. The van der Waals surface area contributed by atoms with Gasteiger partial charge in [-0.1, -0.05) is 25.3 Å². The lowest BCUT2D eigenvalue weighted by molar-refractivity contribution is 0.373. The number of nitrogens with one attached hydrogen (secondary N) is 2. The van der Waals surface area contributed by atoms with Gasteiger partial charge in [0, 0.05) is 18.9 Å². The van der Waals surface area contributed by atoms with E-state index in [0.29, 0.717) is 23.1 Å². The molecule has 0 spiro atoms. The second-order valence-corrected chi connectivity index (χ2v) is 6.37. The summed E-state index contributed by atoms with van der Waals surface area (Å²) in [5.74, 6) is 1.30. The molecule has 0 amide bonds. The van der Waals surface area contributed by atoms with Crippen LogP contribution in [0.2, 0.25) is 0 Å². The molecule has 2 N–H and O–H groups in total. The Morgan fingerprint density at radius 1 is 1.33 bits per heavy atom. The molecule has 5 nitrogen and oxygen atoms in total. The number of aryl methyl sites for hydroxylation is 1. The molecule has 1 aliphatic heterocycles. The molecule has 0 aromatic carbocycles. The third-order valence-corrected chi connectivity index (χ3v) is 4.57. The van der Waals surface area contributed by atoms with E-state index in [4.69, 9.17) is 0 Å². The van der Waals surface area contributed by atoms with E-state index < -0.39 is 0 Å². The predicted molar refractivity (Wildman–Crippen MR) is 95.8 cm³/mol. The molecule has 24 heavy (non-hydrogen) atoms. The molecular weight excluding hydrogens is 298 g/mol. The maximum atomic E-state index is 9.59. The lowest BCUT2D eigenvalue weighted by Crippen LogP contribution is -2.18. The smallest absolute Gasteiger partial charge is 0.223 e. The minimum atomic E-state index is 0.538. The summed E-state index contributed by atoms with van der Waals surface area (Å²) >= 11 is 0. The Morgan fingerprint density at radius 3 is 2.88 bits per heavy atom. The zero-order valence-corrected chi connectivity index (χ0v) is 14.0. The predicted octanol–water partition coefficient (Wildman–Crippen LogP) is 3.69. The Morgan fingerprint density at radius 2 is 2.17 bits per heavy atom. The van der Waals surface area contributed by atoms with Gasteiger partial charge in [0.1, 0.15) is 11.6 Å². The van der Waals surface area contributed by atoms with Crippen LogP contribution < -0.4 is 10.6 Å². The van der Waals surface area contributed by atoms with E-state index in [0.717, 1.165) is 17.8 Å². The van der Waals surface area contributed by atoms with E-state index >= 15 is 0 Å². The molecule has 2 heterocycles. The summed E-state index contributed by atoms with van der Waals surface area (Å²) in [6, 6.07) is 2.28. The second-order valence-electron chi connectivity index (χ2n) is 6.37. The molecule has 124 valence electrons. The number of anilines is 1.